The van der Waals surface area contributed by atoms with E-state index in [4.69, 9.17) is 4.74 Å². The molecule has 2 rings (SSSR count). The van der Waals surface area contributed by atoms with Crippen LogP contribution in [0, 0.1) is 11.8 Å². The largest absolute Gasteiger partial charge is 0.378 e. The molecule has 20 heavy (non-hydrogen) atoms. The quantitative estimate of drug-likeness (QED) is 0.451. The molecule has 118 valence electrons. The van der Waals surface area contributed by atoms with Crippen LogP contribution in [-0.4, -0.2) is 21.1 Å². The zero-order valence-electron chi connectivity index (χ0n) is 13.5. The fourth-order valence-electron chi connectivity index (χ4n) is 4.34. The van der Waals surface area contributed by atoms with Crippen molar-refractivity contribution in [3.8, 4) is 0 Å². The Hall–Kier alpha value is 0.107. The first-order valence-corrected chi connectivity index (χ1v) is 11.5. The van der Waals surface area contributed by atoms with Crippen molar-refractivity contribution in [1.29, 1.82) is 0 Å². The highest BCUT2D eigenvalue weighted by atomic mass is 28.4. The predicted octanol–water partition coefficient (Wildman–Crippen LogP) is 5.71. The molecule has 1 saturated carbocycles. The molecule has 0 spiro atoms. The predicted molar refractivity (Wildman–Crippen MR) is 86.3 cm³/mol. The van der Waals surface area contributed by atoms with Crippen molar-refractivity contribution < 1.29 is 8.84 Å². The molecule has 0 aromatic heterocycles. The molecule has 0 unspecified atom stereocenters. The molecule has 1 nitrogen and oxygen atoms in total. The van der Waals surface area contributed by atoms with Crippen LogP contribution in [0.1, 0.15) is 65.2 Å². The van der Waals surface area contributed by atoms with Gasteiger partial charge < -0.3 is 8.84 Å². The average Bonchev–Trinajstić information content (AvgIpc) is 2.47. The maximum absolute atomic E-state index is 14.6. The molecular weight excluding hydrogens is 267 g/mol. The van der Waals surface area contributed by atoms with Crippen molar-refractivity contribution in [2.45, 2.75) is 89.5 Å². The second-order valence-corrected chi connectivity index (χ2v) is 10.9. The molecule has 0 radical (unpaired) electrons. The maximum Gasteiger partial charge on any atom is 0.247 e. The Kier molecular flexibility index (Phi) is 6.53. The van der Waals surface area contributed by atoms with E-state index < -0.39 is 8.41 Å². The number of rotatable bonds is 6. The van der Waals surface area contributed by atoms with Gasteiger partial charge in [-0.15, -0.1) is 0 Å². The van der Waals surface area contributed by atoms with Crippen molar-refractivity contribution in [3.63, 3.8) is 0 Å². The summed E-state index contributed by atoms with van der Waals surface area (Å²) in [4.78, 5) is 0. The van der Waals surface area contributed by atoms with E-state index in [0.717, 1.165) is 49.4 Å². The normalized spacial score (nSPS) is 38.9. The molecule has 2 fully saturated rings. The Balaban J connectivity index is 1.70. The van der Waals surface area contributed by atoms with Crippen LogP contribution in [0.3, 0.4) is 0 Å². The summed E-state index contributed by atoms with van der Waals surface area (Å²) in [6, 6.07) is 2.83. The number of hydrogen-bond donors (Lipinski definition) is 0. The number of hydrogen-bond acceptors (Lipinski definition) is 1. The van der Waals surface area contributed by atoms with Gasteiger partial charge in [0.1, 0.15) is 0 Å². The third-order valence-electron chi connectivity index (χ3n) is 5.57. The Morgan fingerprint density at radius 2 is 1.50 bits per heavy atom. The van der Waals surface area contributed by atoms with Crippen LogP contribution >= 0.6 is 0 Å². The highest BCUT2D eigenvalue weighted by molar-refractivity contribution is 6.73. The van der Waals surface area contributed by atoms with Gasteiger partial charge in [-0.05, 0) is 62.1 Å². The van der Waals surface area contributed by atoms with Crippen LogP contribution in [0.4, 0.5) is 4.11 Å². The average molecular weight is 301 g/mol. The van der Waals surface area contributed by atoms with Gasteiger partial charge in [-0.3, -0.25) is 0 Å². The number of ether oxygens (including phenoxy) is 1. The van der Waals surface area contributed by atoms with E-state index in [2.05, 4.69) is 13.8 Å². The third-order valence-corrected chi connectivity index (χ3v) is 9.33. The molecule has 1 saturated heterocycles. The van der Waals surface area contributed by atoms with Gasteiger partial charge in [-0.2, -0.15) is 0 Å². The first-order chi connectivity index (χ1) is 9.67. The summed E-state index contributed by atoms with van der Waals surface area (Å²) in [6.45, 7) is 5.24. The standard InChI is InChI=1S/C17H33FOSi/c1-3-11-19-17-7-5-15(6-8-17)16-9-13-20(18,12-4-2)14-10-16/h15-17H,3-14H2,1-2H3. The van der Waals surface area contributed by atoms with Crippen LogP contribution in [0.25, 0.3) is 0 Å². The van der Waals surface area contributed by atoms with Gasteiger partial charge in [-0.25, -0.2) is 0 Å². The molecule has 0 bridgehead atoms. The van der Waals surface area contributed by atoms with Crippen molar-refractivity contribution in [3.05, 3.63) is 0 Å². The third kappa shape index (κ3) is 4.56. The Bertz CT molecular complexity index is 268. The lowest BCUT2D eigenvalue weighted by molar-refractivity contribution is 0.0104. The molecule has 0 amide bonds. The summed E-state index contributed by atoms with van der Waals surface area (Å²) in [7, 11) is -2.30. The second-order valence-electron chi connectivity index (χ2n) is 7.15. The van der Waals surface area contributed by atoms with Crippen molar-refractivity contribution >= 4 is 8.41 Å². The second kappa shape index (κ2) is 7.93. The van der Waals surface area contributed by atoms with Crippen LogP contribution in [0.5, 0.6) is 0 Å². The molecule has 3 heteroatoms. The fraction of sp³-hybridized carbons (Fsp3) is 1.00. The monoisotopic (exact) mass is 300 g/mol. The minimum atomic E-state index is -2.30. The molecule has 1 aliphatic carbocycles. The number of halogens is 1. The van der Waals surface area contributed by atoms with Crippen LogP contribution in [0.15, 0.2) is 0 Å². The van der Waals surface area contributed by atoms with Gasteiger partial charge in [0.15, 0.2) is 0 Å². The molecule has 0 N–H and O–H groups in total. The highest BCUT2D eigenvalue weighted by Gasteiger charge is 2.40. The van der Waals surface area contributed by atoms with Gasteiger partial charge in [0.05, 0.1) is 6.10 Å². The lowest BCUT2D eigenvalue weighted by Gasteiger charge is -2.39. The van der Waals surface area contributed by atoms with Crippen LogP contribution in [0.2, 0.25) is 18.1 Å². The molecule has 2 aliphatic rings. The van der Waals surface area contributed by atoms with E-state index in [1.165, 1.54) is 38.5 Å². The first kappa shape index (κ1) is 16.5. The fourth-order valence-corrected chi connectivity index (χ4v) is 7.76. The van der Waals surface area contributed by atoms with Crippen molar-refractivity contribution in [2.24, 2.45) is 11.8 Å². The lowest BCUT2D eigenvalue weighted by Crippen LogP contribution is -2.36. The highest BCUT2D eigenvalue weighted by Crippen LogP contribution is 2.43. The van der Waals surface area contributed by atoms with Crippen molar-refractivity contribution in [2.75, 3.05) is 6.61 Å². The minimum Gasteiger partial charge on any atom is -0.378 e. The van der Waals surface area contributed by atoms with E-state index in [1.807, 2.05) is 0 Å². The molecular formula is C17H33FOSi. The van der Waals surface area contributed by atoms with E-state index in [-0.39, 0.29) is 0 Å². The summed E-state index contributed by atoms with van der Waals surface area (Å²) >= 11 is 0. The lowest BCUT2D eigenvalue weighted by atomic mass is 9.76. The van der Waals surface area contributed by atoms with Gasteiger partial charge in [0.2, 0.25) is 8.41 Å². The zero-order valence-corrected chi connectivity index (χ0v) is 14.5. The van der Waals surface area contributed by atoms with Gasteiger partial charge in [-0.1, -0.05) is 33.1 Å². The van der Waals surface area contributed by atoms with Crippen LogP contribution in [-0.2, 0) is 4.74 Å². The zero-order chi connectivity index (χ0) is 14.4. The van der Waals surface area contributed by atoms with Gasteiger partial charge >= 0.3 is 0 Å². The molecule has 1 heterocycles. The summed E-state index contributed by atoms with van der Waals surface area (Å²) in [5.74, 6) is 1.70. The van der Waals surface area contributed by atoms with E-state index >= 15 is 0 Å². The van der Waals surface area contributed by atoms with Gasteiger partial charge in [0, 0.05) is 6.61 Å². The summed E-state index contributed by atoms with van der Waals surface area (Å²) in [6.07, 6.45) is 10.2. The van der Waals surface area contributed by atoms with Crippen LogP contribution < -0.4 is 0 Å². The van der Waals surface area contributed by atoms with E-state index in [9.17, 15) is 4.11 Å². The van der Waals surface area contributed by atoms with Crippen molar-refractivity contribution in [1.82, 2.24) is 0 Å². The smallest absolute Gasteiger partial charge is 0.247 e. The SMILES string of the molecule is CCCOC1CCC(C2CC[Si](F)(CCC)CC2)CC1. The minimum absolute atomic E-state index is 0.518. The Labute approximate surface area is 125 Å². The van der Waals surface area contributed by atoms with E-state index in [0.29, 0.717) is 6.10 Å². The summed E-state index contributed by atoms with van der Waals surface area (Å²) in [5, 5.41) is 0. The van der Waals surface area contributed by atoms with E-state index in [1.54, 1.807) is 0 Å². The molecule has 1 aliphatic heterocycles. The first-order valence-electron chi connectivity index (χ1n) is 8.97. The molecule has 0 aromatic rings. The maximum atomic E-state index is 14.6. The summed E-state index contributed by atoms with van der Waals surface area (Å²) < 4.78 is 20.5. The Morgan fingerprint density at radius 3 is 2.05 bits per heavy atom. The Morgan fingerprint density at radius 1 is 0.900 bits per heavy atom. The molecule has 0 aromatic carbocycles. The summed E-state index contributed by atoms with van der Waals surface area (Å²) in [5.41, 5.74) is 0. The van der Waals surface area contributed by atoms with Gasteiger partial charge in [0.25, 0.3) is 0 Å². The topological polar surface area (TPSA) is 9.23 Å². The molecule has 0 atom stereocenters.